The van der Waals surface area contributed by atoms with E-state index in [1.165, 1.54) is 7.11 Å². The van der Waals surface area contributed by atoms with Crippen LogP contribution in [0, 0.1) is 0 Å². The predicted octanol–water partition coefficient (Wildman–Crippen LogP) is 3.93. The van der Waals surface area contributed by atoms with Crippen LogP contribution in [0.4, 0.5) is 17.1 Å². The molecule has 5 nitrogen and oxygen atoms in total. The fourth-order valence-electron chi connectivity index (χ4n) is 2.51. The molecule has 3 rings (SSSR count). The van der Waals surface area contributed by atoms with Crippen molar-refractivity contribution in [3.63, 3.8) is 0 Å². The second-order valence-corrected chi connectivity index (χ2v) is 5.76. The van der Waals surface area contributed by atoms with Crippen LogP contribution < -0.4 is 10.6 Å². The fraction of sp³-hybridized carbons (Fsp3) is 0.176. The van der Waals surface area contributed by atoms with Crippen molar-refractivity contribution in [3.05, 3.63) is 52.5 Å². The number of hydrogen-bond donors (Lipinski definition) is 2. The zero-order valence-corrected chi connectivity index (χ0v) is 13.4. The lowest BCUT2D eigenvalue weighted by Crippen LogP contribution is -2.13. The van der Waals surface area contributed by atoms with Gasteiger partial charge in [0.15, 0.2) is 0 Å². The van der Waals surface area contributed by atoms with Gasteiger partial charge in [0.05, 0.1) is 35.7 Å². The summed E-state index contributed by atoms with van der Waals surface area (Å²) in [5.41, 5.74) is 3.26. The third-order valence-corrected chi connectivity index (χ3v) is 4.08. The minimum absolute atomic E-state index is 0.231. The molecule has 1 atom stereocenters. The van der Waals surface area contributed by atoms with Crippen molar-refractivity contribution in [2.75, 3.05) is 17.7 Å². The van der Waals surface area contributed by atoms with Gasteiger partial charge in [0.1, 0.15) is 0 Å². The maximum absolute atomic E-state index is 12.4. The molecule has 0 spiro atoms. The molecule has 0 radical (unpaired) electrons. The normalized spacial score (nSPS) is 13.8. The Kier molecular flexibility index (Phi) is 3.96. The summed E-state index contributed by atoms with van der Waals surface area (Å²) in [6.45, 7) is 1.76. The van der Waals surface area contributed by atoms with Crippen LogP contribution in [-0.4, -0.2) is 19.0 Å². The van der Waals surface area contributed by atoms with Gasteiger partial charge in [-0.3, -0.25) is 9.59 Å². The Bertz CT molecular complexity index is 804. The molecule has 1 unspecified atom stereocenters. The van der Waals surface area contributed by atoms with Crippen LogP contribution in [0.2, 0.25) is 5.02 Å². The molecular formula is C17H15ClN2O3. The number of hydrogen-bond acceptors (Lipinski definition) is 4. The molecule has 0 bridgehead atoms. The molecule has 0 aliphatic carbocycles. The Morgan fingerprint density at radius 1 is 1.09 bits per heavy atom. The Balaban J connectivity index is 2.01. The Labute approximate surface area is 138 Å². The number of esters is 1. The van der Waals surface area contributed by atoms with Gasteiger partial charge in [0.2, 0.25) is 0 Å². The van der Waals surface area contributed by atoms with Gasteiger partial charge in [-0.25, -0.2) is 0 Å². The third-order valence-electron chi connectivity index (χ3n) is 3.84. The van der Waals surface area contributed by atoms with Gasteiger partial charge in [-0.1, -0.05) is 17.7 Å². The SMILES string of the molecule is COC(=O)C(C)c1ccc2c(c1)NC(=O)c1ccc(Cl)cc1N2. The molecule has 0 fully saturated rings. The van der Waals surface area contributed by atoms with Crippen molar-refractivity contribution in [3.8, 4) is 0 Å². The molecule has 6 heteroatoms. The summed E-state index contributed by atoms with van der Waals surface area (Å²) < 4.78 is 4.76. The van der Waals surface area contributed by atoms with E-state index in [9.17, 15) is 9.59 Å². The predicted molar refractivity (Wildman–Crippen MR) is 89.6 cm³/mol. The highest BCUT2D eigenvalue weighted by Gasteiger charge is 2.22. The molecule has 0 saturated heterocycles. The first-order valence-electron chi connectivity index (χ1n) is 7.09. The van der Waals surface area contributed by atoms with E-state index in [1.54, 1.807) is 31.2 Å². The summed E-state index contributed by atoms with van der Waals surface area (Å²) in [5.74, 6) is -0.971. The summed E-state index contributed by atoms with van der Waals surface area (Å²) in [6, 6.07) is 10.5. The van der Waals surface area contributed by atoms with Crippen molar-refractivity contribution in [2.24, 2.45) is 0 Å². The van der Waals surface area contributed by atoms with Gasteiger partial charge >= 0.3 is 5.97 Å². The molecule has 118 valence electrons. The molecule has 0 saturated carbocycles. The number of nitrogens with one attached hydrogen (secondary N) is 2. The van der Waals surface area contributed by atoms with Gasteiger partial charge in [-0.2, -0.15) is 0 Å². The smallest absolute Gasteiger partial charge is 0.312 e. The van der Waals surface area contributed by atoms with Gasteiger partial charge in [0, 0.05) is 5.02 Å². The van der Waals surface area contributed by atoms with E-state index in [2.05, 4.69) is 10.6 Å². The number of rotatable bonds is 2. The first-order valence-corrected chi connectivity index (χ1v) is 7.47. The van der Waals surface area contributed by atoms with E-state index < -0.39 is 5.92 Å². The Morgan fingerprint density at radius 3 is 2.61 bits per heavy atom. The topological polar surface area (TPSA) is 67.4 Å². The number of carbonyl (C=O) groups excluding carboxylic acids is 2. The zero-order chi connectivity index (χ0) is 16.6. The molecule has 1 amide bonds. The van der Waals surface area contributed by atoms with Crippen LogP contribution in [0.3, 0.4) is 0 Å². The summed E-state index contributed by atoms with van der Waals surface area (Å²) in [6.07, 6.45) is 0. The largest absolute Gasteiger partial charge is 0.469 e. The number of anilines is 3. The van der Waals surface area contributed by atoms with E-state index in [-0.39, 0.29) is 11.9 Å². The first-order chi connectivity index (χ1) is 11.0. The fourth-order valence-corrected chi connectivity index (χ4v) is 2.68. The number of halogens is 1. The average Bonchev–Trinajstić information content (AvgIpc) is 2.67. The molecule has 2 aromatic carbocycles. The van der Waals surface area contributed by atoms with E-state index in [4.69, 9.17) is 16.3 Å². The minimum atomic E-state index is -0.415. The lowest BCUT2D eigenvalue weighted by Gasteiger charge is -2.14. The monoisotopic (exact) mass is 330 g/mol. The van der Waals surface area contributed by atoms with Crippen molar-refractivity contribution in [1.82, 2.24) is 0 Å². The average molecular weight is 331 g/mol. The molecule has 1 aliphatic rings. The van der Waals surface area contributed by atoms with Crippen molar-refractivity contribution in [1.29, 1.82) is 0 Å². The van der Waals surface area contributed by atoms with E-state index >= 15 is 0 Å². The second kappa shape index (κ2) is 5.93. The van der Waals surface area contributed by atoms with Crippen LogP contribution >= 0.6 is 11.6 Å². The third kappa shape index (κ3) is 2.87. The maximum atomic E-state index is 12.4. The van der Waals surface area contributed by atoms with Gasteiger partial charge in [0.25, 0.3) is 5.91 Å². The van der Waals surface area contributed by atoms with E-state index in [1.807, 2.05) is 12.1 Å². The zero-order valence-electron chi connectivity index (χ0n) is 12.6. The molecule has 1 heterocycles. The number of fused-ring (bicyclic) bond motifs is 2. The van der Waals surface area contributed by atoms with Gasteiger partial charge in [-0.15, -0.1) is 0 Å². The van der Waals surface area contributed by atoms with Crippen molar-refractivity contribution < 1.29 is 14.3 Å². The van der Waals surface area contributed by atoms with Crippen LogP contribution in [0.15, 0.2) is 36.4 Å². The number of benzene rings is 2. The molecule has 23 heavy (non-hydrogen) atoms. The van der Waals surface area contributed by atoms with Crippen LogP contribution in [-0.2, 0) is 9.53 Å². The highest BCUT2D eigenvalue weighted by molar-refractivity contribution is 6.31. The van der Waals surface area contributed by atoms with Crippen LogP contribution in [0.25, 0.3) is 0 Å². The lowest BCUT2D eigenvalue weighted by atomic mass is 10.00. The standard InChI is InChI=1S/C17H15ClN2O3/c1-9(17(22)23-2)10-3-6-13-15(7-10)20-16(21)12-5-4-11(18)8-14(12)19-13/h3-9,19H,1-2H3,(H,20,21). The molecule has 0 aromatic heterocycles. The minimum Gasteiger partial charge on any atom is -0.469 e. The highest BCUT2D eigenvalue weighted by atomic mass is 35.5. The second-order valence-electron chi connectivity index (χ2n) is 5.32. The molecule has 2 aromatic rings. The maximum Gasteiger partial charge on any atom is 0.312 e. The molecule has 2 N–H and O–H groups in total. The van der Waals surface area contributed by atoms with Crippen LogP contribution in [0.1, 0.15) is 28.8 Å². The van der Waals surface area contributed by atoms with Gasteiger partial charge < -0.3 is 15.4 Å². The number of ether oxygens (including phenoxy) is 1. The summed E-state index contributed by atoms with van der Waals surface area (Å²) >= 11 is 6.00. The van der Waals surface area contributed by atoms with Crippen molar-refractivity contribution >= 4 is 40.5 Å². The first kappa shape index (κ1) is 15.4. The van der Waals surface area contributed by atoms with E-state index in [0.717, 1.165) is 11.3 Å². The summed E-state index contributed by atoms with van der Waals surface area (Å²) in [4.78, 5) is 24.1. The summed E-state index contributed by atoms with van der Waals surface area (Å²) in [7, 11) is 1.35. The summed E-state index contributed by atoms with van der Waals surface area (Å²) in [5, 5.41) is 6.60. The Morgan fingerprint density at radius 2 is 1.87 bits per heavy atom. The number of amides is 1. The quantitative estimate of drug-likeness (QED) is 0.819. The Hall–Kier alpha value is -2.53. The van der Waals surface area contributed by atoms with Crippen LogP contribution in [0.5, 0.6) is 0 Å². The lowest BCUT2D eigenvalue weighted by molar-refractivity contribution is -0.141. The molecular weight excluding hydrogens is 316 g/mol. The van der Waals surface area contributed by atoms with Crippen molar-refractivity contribution in [2.45, 2.75) is 12.8 Å². The van der Waals surface area contributed by atoms with E-state index in [0.29, 0.717) is 22.0 Å². The van der Waals surface area contributed by atoms with Gasteiger partial charge in [-0.05, 0) is 42.8 Å². The number of carbonyl (C=O) groups is 2. The highest BCUT2D eigenvalue weighted by Crippen LogP contribution is 2.35. The molecule has 1 aliphatic heterocycles. The number of methoxy groups -OCH3 is 1.